The molecule has 9 heteroatoms. The van der Waals surface area contributed by atoms with Crippen molar-refractivity contribution in [2.75, 3.05) is 23.7 Å². The number of hydrogen-bond acceptors (Lipinski definition) is 6. The number of benzene rings is 2. The lowest BCUT2D eigenvalue weighted by Crippen LogP contribution is -2.42. The molecule has 216 valence electrons. The zero-order valence-electron chi connectivity index (χ0n) is 23.3. The molecule has 4 atom stereocenters. The highest BCUT2D eigenvalue weighted by atomic mass is 35.5. The summed E-state index contributed by atoms with van der Waals surface area (Å²) in [6, 6.07) is 11.0. The standard InChI is InChI=1S/C31H39ClN2O5S/c1-20-13-21(2)19-40(37,38)33-31(36)23-8-11-30-28(16-23)34(17-24-7-10-27(24)29(35)14-20)12-4-3-5-22-15-26(32)9-6-25(22)18-39-30/h6,8-9,11,15-16,20-21,24,27H,3-5,7,10,12-14,17-19H2,1-2H3,(H,33,36)/t20-,21-,24-,27+/m0/s1. The van der Waals surface area contributed by atoms with Gasteiger partial charge in [-0.15, -0.1) is 0 Å². The average molecular weight is 587 g/mol. The lowest BCUT2D eigenvalue weighted by atomic mass is 9.69. The number of ether oxygens (including phenoxy) is 1. The predicted octanol–water partition coefficient (Wildman–Crippen LogP) is 5.78. The first kappa shape index (κ1) is 28.9. The molecule has 2 heterocycles. The van der Waals surface area contributed by atoms with Crippen molar-refractivity contribution in [1.82, 2.24) is 4.72 Å². The Kier molecular flexibility index (Phi) is 8.76. The lowest BCUT2D eigenvalue weighted by molar-refractivity contribution is -0.128. The number of anilines is 1. The van der Waals surface area contributed by atoms with Crippen LogP contribution in [0.15, 0.2) is 36.4 Å². The van der Waals surface area contributed by atoms with E-state index < -0.39 is 15.9 Å². The fourth-order valence-electron chi connectivity index (χ4n) is 6.52. The highest BCUT2D eigenvalue weighted by molar-refractivity contribution is 7.90. The second-order valence-corrected chi connectivity index (χ2v) is 14.3. The minimum absolute atomic E-state index is 0.0230. The van der Waals surface area contributed by atoms with Crippen molar-refractivity contribution in [3.8, 4) is 5.75 Å². The SMILES string of the molecule is C[C@@H]1CC(=O)[C@@H]2CC[C@H]2CN2CCCCc3cc(Cl)ccc3COc3ccc(cc32)C(=O)NS(=O)(=O)C[C@@H](C)C1. The number of carbonyl (C=O) groups is 2. The maximum Gasteiger partial charge on any atom is 0.264 e. The van der Waals surface area contributed by atoms with E-state index in [0.717, 1.165) is 49.9 Å². The average Bonchev–Trinajstić information content (AvgIpc) is 2.88. The fourth-order valence-corrected chi connectivity index (χ4v) is 8.09. The Morgan fingerprint density at radius 3 is 2.60 bits per heavy atom. The number of amides is 1. The van der Waals surface area contributed by atoms with Gasteiger partial charge in [-0.25, -0.2) is 13.1 Å². The molecule has 3 aliphatic rings. The van der Waals surface area contributed by atoms with Gasteiger partial charge in [0.25, 0.3) is 5.91 Å². The van der Waals surface area contributed by atoms with Gasteiger partial charge in [-0.2, -0.15) is 0 Å². The van der Waals surface area contributed by atoms with Crippen molar-refractivity contribution in [2.24, 2.45) is 23.7 Å². The van der Waals surface area contributed by atoms with Crippen LogP contribution in [0.4, 0.5) is 5.69 Å². The first-order valence-electron chi connectivity index (χ1n) is 14.4. The molecule has 40 heavy (non-hydrogen) atoms. The zero-order chi connectivity index (χ0) is 28.4. The molecule has 1 fully saturated rings. The highest BCUT2D eigenvalue weighted by Crippen LogP contribution is 2.40. The predicted molar refractivity (Wildman–Crippen MR) is 157 cm³/mol. The molecule has 0 saturated heterocycles. The number of aryl methyl sites for hydroxylation is 1. The number of halogens is 1. The van der Waals surface area contributed by atoms with Crippen LogP contribution >= 0.6 is 11.6 Å². The van der Waals surface area contributed by atoms with Crippen LogP contribution in [-0.2, 0) is 27.8 Å². The van der Waals surface area contributed by atoms with E-state index in [1.807, 2.05) is 32.0 Å². The summed E-state index contributed by atoms with van der Waals surface area (Å²) >= 11 is 6.29. The maximum absolute atomic E-state index is 13.3. The Morgan fingerprint density at radius 2 is 1.82 bits per heavy atom. The number of nitrogens with one attached hydrogen (secondary N) is 1. The topological polar surface area (TPSA) is 92.8 Å². The molecule has 0 radical (unpaired) electrons. The van der Waals surface area contributed by atoms with Gasteiger partial charge in [0.15, 0.2) is 0 Å². The monoisotopic (exact) mass is 586 g/mol. The van der Waals surface area contributed by atoms with Crippen LogP contribution in [0, 0.1) is 23.7 Å². The van der Waals surface area contributed by atoms with Gasteiger partial charge in [0.1, 0.15) is 18.1 Å². The number of sulfonamides is 1. The van der Waals surface area contributed by atoms with E-state index >= 15 is 0 Å². The van der Waals surface area contributed by atoms with E-state index in [9.17, 15) is 18.0 Å². The Hall–Kier alpha value is -2.58. The summed E-state index contributed by atoms with van der Waals surface area (Å²) in [5.41, 5.74) is 3.27. The summed E-state index contributed by atoms with van der Waals surface area (Å²) in [5, 5.41) is 0.703. The van der Waals surface area contributed by atoms with Crippen LogP contribution < -0.4 is 14.4 Å². The highest BCUT2D eigenvalue weighted by Gasteiger charge is 2.38. The molecule has 0 aromatic heterocycles. The van der Waals surface area contributed by atoms with Gasteiger partial charge in [0.2, 0.25) is 10.0 Å². The lowest BCUT2D eigenvalue weighted by Gasteiger charge is -2.40. The van der Waals surface area contributed by atoms with E-state index in [-0.39, 0.29) is 40.8 Å². The van der Waals surface area contributed by atoms with Crippen LogP contribution in [0.5, 0.6) is 5.75 Å². The summed E-state index contributed by atoms with van der Waals surface area (Å²) in [6.45, 7) is 5.67. The fraction of sp³-hybridized carbons (Fsp3) is 0.548. The Balaban J connectivity index is 1.52. The van der Waals surface area contributed by atoms with Crippen LogP contribution in [0.2, 0.25) is 5.02 Å². The van der Waals surface area contributed by atoms with Gasteiger partial charge in [-0.3, -0.25) is 9.59 Å². The van der Waals surface area contributed by atoms with Crippen molar-refractivity contribution >= 4 is 39.0 Å². The molecule has 2 aromatic carbocycles. The van der Waals surface area contributed by atoms with Crippen LogP contribution in [0.3, 0.4) is 0 Å². The maximum atomic E-state index is 13.3. The first-order chi connectivity index (χ1) is 19.1. The van der Waals surface area contributed by atoms with E-state index in [0.29, 0.717) is 36.8 Å². The molecule has 5 rings (SSSR count). The minimum atomic E-state index is -3.84. The largest absolute Gasteiger partial charge is 0.487 e. The molecule has 1 amide bonds. The number of nitrogens with zero attached hydrogens (tertiary/aromatic N) is 1. The summed E-state index contributed by atoms with van der Waals surface area (Å²) in [6.07, 6.45) is 5.73. The van der Waals surface area contributed by atoms with Gasteiger partial charge in [0.05, 0.1) is 11.4 Å². The third-order valence-electron chi connectivity index (χ3n) is 8.63. The van der Waals surface area contributed by atoms with Gasteiger partial charge in [-0.05, 0) is 97.7 Å². The second-order valence-electron chi connectivity index (χ2n) is 12.1. The van der Waals surface area contributed by atoms with Crippen LogP contribution in [0.25, 0.3) is 0 Å². The molecule has 2 aromatic rings. The van der Waals surface area contributed by atoms with Gasteiger partial charge in [0, 0.05) is 36.0 Å². The van der Waals surface area contributed by atoms with E-state index in [4.69, 9.17) is 16.3 Å². The van der Waals surface area contributed by atoms with Crippen LogP contribution in [-0.4, -0.2) is 39.0 Å². The number of Topliss-reactive ketones (excluding diaryl/α,β-unsaturated/α-hetero) is 1. The zero-order valence-corrected chi connectivity index (χ0v) is 24.9. The number of fused-ring (bicyclic) bond motifs is 3. The van der Waals surface area contributed by atoms with Crippen molar-refractivity contribution < 1.29 is 22.7 Å². The second kappa shape index (κ2) is 12.1. The first-order valence-corrected chi connectivity index (χ1v) is 16.5. The van der Waals surface area contributed by atoms with Crippen molar-refractivity contribution in [3.63, 3.8) is 0 Å². The van der Waals surface area contributed by atoms with Crippen molar-refractivity contribution in [2.45, 2.75) is 65.4 Å². The molecule has 0 unspecified atom stereocenters. The summed E-state index contributed by atoms with van der Waals surface area (Å²) in [4.78, 5) is 28.7. The van der Waals surface area contributed by atoms with Gasteiger partial charge in [-0.1, -0.05) is 31.5 Å². The Labute approximate surface area is 242 Å². The quantitative estimate of drug-likeness (QED) is 0.420. The smallest absolute Gasteiger partial charge is 0.264 e. The number of ketones is 1. The number of rotatable bonds is 0. The van der Waals surface area contributed by atoms with E-state index in [1.165, 1.54) is 5.56 Å². The molecule has 2 bridgehead atoms. The van der Waals surface area contributed by atoms with E-state index in [1.54, 1.807) is 18.2 Å². The van der Waals surface area contributed by atoms with Crippen LogP contribution in [0.1, 0.15) is 73.9 Å². The molecule has 7 nitrogen and oxygen atoms in total. The molecular weight excluding hydrogens is 548 g/mol. The number of carbonyl (C=O) groups excluding carboxylic acids is 2. The summed E-state index contributed by atoms with van der Waals surface area (Å²) in [5.74, 6) is 0.304. The summed E-state index contributed by atoms with van der Waals surface area (Å²) < 4.78 is 34.4. The summed E-state index contributed by atoms with van der Waals surface area (Å²) in [7, 11) is -3.84. The molecule has 1 saturated carbocycles. The van der Waals surface area contributed by atoms with Crippen molar-refractivity contribution in [1.29, 1.82) is 0 Å². The molecule has 1 N–H and O–H groups in total. The molecule has 2 aliphatic heterocycles. The molecule has 1 aliphatic carbocycles. The van der Waals surface area contributed by atoms with Crippen molar-refractivity contribution in [3.05, 3.63) is 58.1 Å². The Morgan fingerprint density at radius 1 is 1.00 bits per heavy atom. The molecular formula is C31H39ClN2O5S. The third kappa shape index (κ3) is 6.82. The minimum Gasteiger partial charge on any atom is -0.487 e. The van der Waals surface area contributed by atoms with Gasteiger partial charge >= 0.3 is 0 Å². The molecule has 0 spiro atoms. The normalized spacial score (nSPS) is 27.6. The van der Waals surface area contributed by atoms with Gasteiger partial charge < -0.3 is 9.64 Å². The van der Waals surface area contributed by atoms with E-state index in [2.05, 4.69) is 9.62 Å². The number of hydrogen-bond donors (Lipinski definition) is 1. The Bertz CT molecular complexity index is 1380. The third-order valence-corrected chi connectivity index (χ3v) is 10.4.